The standard InChI is InChI=1S/C24H21BrN2O5/c25-23-18-4-2-1-3-16(18)5-7-21(23)31-12-9-22-24(26-10-13-30-14-11-26)19-15-17(27(28)29)6-8-20(19)32-22/h1-9,15,24H,10-14H2/b22-9+. The van der Waals surface area contributed by atoms with Gasteiger partial charge in [-0.05, 0) is 44.9 Å². The molecule has 0 spiro atoms. The molecule has 0 bridgehead atoms. The summed E-state index contributed by atoms with van der Waals surface area (Å²) in [6.07, 6.45) is 1.91. The number of rotatable bonds is 5. The number of nitro benzene ring substituents is 1. The Balaban J connectivity index is 1.41. The van der Waals surface area contributed by atoms with Crippen LogP contribution in [0, 0.1) is 10.1 Å². The monoisotopic (exact) mass is 496 g/mol. The van der Waals surface area contributed by atoms with E-state index in [9.17, 15) is 10.1 Å². The summed E-state index contributed by atoms with van der Waals surface area (Å²) < 4.78 is 18.6. The molecule has 1 atom stereocenters. The van der Waals surface area contributed by atoms with E-state index in [-0.39, 0.29) is 16.7 Å². The topological polar surface area (TPSA) is 74.1 Å². The van der Waals surface area contributed by atoms with Crippen molar-refractivity contribution >= 4 is 32.4 Å². The van der Waals surface area contributed by atoms with Gasteiger partial charge >= 0.3 is 0 Å². The molecule has 7 nitrogen and oxygen atoms in total. The number of benzene rings is 3. The zero-order valence-corrected chi connectivity index (χ0v) is 18.8. The van der Waals surface area contributed by atoms with Crippen LogP contribution in [0.2, 0.25) is 0 Å². The summed E-state index contributed by atoms with van der Waals surface area (Å²) in [5, 5.41) is 13.5. The summed E-state index contributed by atoms with van der Waals surface area (Å²) in [6.45, 7) is 3.00. The molecule has 2 aliphatic heterocycles. The molecule has 1 saturated heterocycles. The Morgan fingerprint density at radius 1 is 1.16 bits per heavy atom. The fourth-order valence-electron chi connectivity index (χ4n) is 4.20. The molecule has 0 N–H and O–H groups in total. The van der Waals surface area contributed by atoms with Gasteiger partial charge in [0, 0.05) is 30.8 Å². The van der Waals surface area contributed by atoms with Crippen molar-refractivity contribution < 1.29 is 19.1 Å². The summed E-state index contributed by atoms with van der Waals surface area (Å²) in [4.78, 5) is 13.2. The highest BCUT2D eigenvalue weighted by molar-refractivity contribution is 9.10. The van der Waals surface area contributed by atoms with E-state index in [0.29, 0.717) is 25.6 Å². The van der Waals surface area contributed by atoms with E-state index < -0.39 is 0 Å². The first-order chi connectivity index (χ1) is 15.6. The second kappa shape index (κ2) is 8.90. The van der Waals surface area contributed by atoms with E-state index in [4.69, 9.17) is 14.2 Å². The highest BCUT2D eigenvalue weighted by atomic mass is 79.9. The Kier molecular flexibility index (Phi) is 5.82. The van der Waals surface area contributed by atoms with Crippen LogP contribution in [0.1, 0.15) is 11.6 Å². The van der Waals surface area contributed by atoms with Crippen molar-refractivity contribution in [1.29, 1.82) is 0 Å². The molecule has 2 aliphatic rings. The van der Waals surface area contributed by atoms with Crippen molar-refractivity contribution in [3.63, 3.8) is 0 Å². The fraction of sp³-hybridized carbons (Fsp3) is 0.250. The molecule has 0 aromatic heterocycles. The van der Waals surface area contributed by atoms with Crippen LogP contribution in [0.15, 0.2) is 70.9 Å². The second-order valence-electron chi connectivity index (χ2n) is 7.65. The van der Waals surface area contributed by atoms with Gasteiger partial charge in [0.05, 0.1) is 28.7 Å². The fourth-order valence-corrected chi connectivity index (χ4v) is 4.80. The molecule has 3 aromatic rings. The zero-order chi connectivity index (χ0) is 22.1. The molecule has 5 rings (SSSR count). The van der Waals surface area contributed by atoms with Crippen LogP contribution in [0.3, 0.4) is 0 Å². The number of nitro groups is 1. The van der Waals surface area contributed by atoms with Crippen molar-refractivity contribution in [2.24, 2.45) is 0 Å². The second-order valence-corrected chi connectivity index (χ2v) is 8.44. The molecule has 0 aliphatic carbocycles. The largest absolute Gasteiger partial charge is 0.488 e. The SMILES string of the molecule is O=[N+]([O-])c1ccc2c(c1)C(N1CCOCC1)/C(=C\COc1ccc3ccccc3c1Br)O2. The Hall–Kier alpha value is -2.94. The van der Waals surface area contributed by atoms with Crippen LogP contribution in [0.4, 0.5) is 5.69 Å². The lowest BCUT2D eigenvalue weighted by atomic mass is 10.0. The number of ether oxygens (including phenoxy) is 3. The maximum atomic E-state index is 11.3. The summed E-state index contributed by atoms with van der Waals surface area (Å²) in [5.41, 5.74) is 0.863. The first-order valence-electron chi connectivity index (χ1n) is 10.4. The van der Waals surface area contributed by atoms with Gasteiger partial charge in [0.25, 0.3) is 5.69 Å². The molecule has 32 heavy (non-hydrogen) atoms. The average Bonchev–Trinajstić information content (AvgIpc) is 3.18. The lowest BCUT2D eigenvalue weighted by Gasteiger charge is -2.32. The summed E-state index contributed by atoms with van der Waals surface area (Å²) in [6, 6.07) is 16.6. The smallest absolute Gasteiger partial charge is 0.270 e. The molecule has 0 amide bonds. The number of hydrogen-bond acceptors (Lipinski definition) is 6. The highest BCUT2D eigenvalue weighted by Gasteiger charge is 2.36. The number of non-ortho nitro benzene ring substituents is 1. The maximum Gasteiger partial charge on any atom is 0.270 e. The van der Waals surface area contributed by atoms with Gasteiger partial charge in [-0.2, -0.15) is 0 Å². The van der Waals surface area contributed by atoms with Crippen LogP contribution < -0.4 is 9.47 Å². The maximum absolute atomic E-state index is 11.3. The molecule has 0 saturated carbocycles. The predicted molar refractivity (Wildman–Crippen MR) is 124 cm³/mol. The minimum atomic E-state index is -0.376. The minimum Gasteiger partial charge on any atom is -0.488 e. The number of morpholine rings is 1. The zero-order valence-electron chi connectivity index (χ0n) is 17.2. The van der Waals surface area contributed by atoms with Gasteiger partial charge in [0.1, 0.15) is 23.9 Å². The molecule has 1 fully saturated rings. The first-order valence-corrected chi connectivity index (χ1v) is 11.2. The van der Waals surface area contributed by atoms with Gasteiger partial charge in [-0.15, -0.1) is 0 Å². The average molecular weight is 497 g/mol. The molecule has 1 unspecified atom stereocenters. The van der Waals surface area contributed by atoms with Crippen LogP contribution in [0.25, 0.3) is 10.8 Å². The number of nitrogens with zero attached hydrogens (tertiary/aromatic N) is 2. The quantitative estimate of drug-likeness (QED) is 0.355. The highest BCUT2D eigenvalue weighted by Crippen LogP contribution is 2.44. The van der Waals surface area contributed by atoms with Gasteiger partial charge in [-0.3, -0.25) is 15.0 Å². The Bertz CT molecular complexity index is 1210. The molecule has 164 valence electrons. The first kappa shape index (κ1) is 20.9. The molecule has 0 radical (unpaired) electrons. The molecule has 3 aromatic carbocycles. The summed E-state index contributed by atoms with van der Waals surface area (Å²) in [5.74, 6) is 2.11. The normalized spacial score (nSPS) is 19.7. The van der Waals surface area contributed by atoms with E-state index in [2.05, 4.69) is 26.9 Å². The number of hydrogen-bond donors (Lipinski definition) is 0. The summed E-state index contributed by atoms with van der Waals surface area (Å²) in [7, 11) is 0. The van der Waals surface area contributed by atoms with Crippen molar-refractivity contribution in [3.05, 3.63) is 86.6 Å². The van der Waals surface area contributed by atoms with E-state index in [1.54, 1.807) is 12.1 Å². The van der Waals surface area contributed by atoms with Crippen molar-refractivity contribution in [1.82, 2.24) is 4.90 Å². The van der Waals surface area contributed by atoms with Crippen molar-refractivity contribution in [2.45, 2.75) is 6.04 Å². The third kappa shape index (κ3) is 3.97. The van der Waals surface area contributed by atoms with Gasteiger partial charge in [0.2, 0.25) is 0 Å². The molecule has 8 heteroatoms. The summed E-state index contributed by atoms with van der Waals surface area (Å²) >= 11 is 3.65. The van der Waals surface area contributed by atoms with Crippen LogP contribution in [-0.2, 0) is 4.74 Å². The van der Waals surface area contributed by atoms with E-state index in [1.807, 2.05) is 36.4 Å². The Morgan fingerprint density at radius 2 is 1.97 bits per heavy atom. The lowest BCUT2D eigenvalue weighted by molar-refractivity contribution is -0.384. The van der Waals surface area contributed by atoms with Crippen molar-refractivity contribution in [3.8, 4) is 11.5 Å². The molecular weight excluding hydrogens is 476 g/mol. The van der Waals surface area contributed by atoms with Gasteiger partial charge in [0.15, 0.2) is 0 Å². The Labute approximate surface area is 193 Å². The third-order valence-electron chi connectivity index (χ3n) is 5.76. The van der Waals surface area contributed by atoms with E-state index >= 15 is 0 Å². The van der Waals surface area contributed by atoms with Gasteiger partial charge < -0.3 is 14.2 Å². The van der Waals surface area contributed by atoms with Gasteiger partial charge in [-0.1, -0.05) is 30.3 Å². The van der Waals surface area contributed by atoms with Crippen LogP contribution >= 0.6 is 15.9 Å². The van der Waals surface area contributed by atoms with Gasteiger partial charge in [-0.25, -0.2) is 0 Å². The predicted octanol–water partition coefficient (Wildman–Crippen LogP) is 5.24. The van der Waals surface area contributed by atoms with Crippen molar-refractivity contribution in [2.75, 3.05) is 32.9 Å². The van der Waals surface area contributed by atoms with E-state index in [1.165, 1.54) is 6.07 Å². The third-order valence-corrected chi connectivity index (χ3v) is 6.58. The van der Waals surface area contributed by atoms with Crippen LogP contribution in [-0.4, -0.2) is 42.7 Å². The minimum absolute atomic E-state index is 0.0585. The Morgan fingerprint density at radius 3 is 2.78 bits per heavy atom. The number of halogens is 1. The molecule has 2 heterocycles. The van der Waals surface area contributed by atoms with E-state index in [0.717, 1.165) is 45.4 Å². The van der Waals surface area contributed by atoms with Crippen LogP contribution in [0.5, 0.6) is 11.5 Å². The molecular formula is C24H21BrN2O5. The lowest BCUT2D eigenvalue weighted by Crippen LogP contribution is -2.39. The number of fused-ring (bicyclic) bond motifs is 2.